The van der Waals surface area contributed by atoms with E-state index in [1.807, 2.05) is 6.20 Å². The van der Waals surface area contributed by atoms with E-state index in [1.165, 1.54) is 82.6 Å². The quantitative estimate of drug-likeness (QED) is 0.330. The zero-order chi connectivity index (χ0) is 21.0. The number of aromatic nitrogens is 1. The van der Waals surface area contributed by atoms with Gasteiger partial charge in [-0.25, -0.2) is 0 Å². The molecule has 0 radical (unpaired) electrons. The molecular weight excluding hydrogens is 366 g/mol. The van der Waals surface area contributed by atoms with Gasteiger partial charge in [0.25, 0.3) is 0 Å². The Hall–Kier alpha value is -1.83. The van der Waals surface area contributed by atoms with E-state index in [4.69, 9.17) is 4.74 Å². The van der Waals surface area contributed by atoms with Gasteiger partial charge in [-0.05, 0) is 67.5 Å². The van der Waals surface area contributed by atoms with E-state index in [0.717, 1.165) is 35.4 Å². The monoisotopic (exact) mass is 407 g/mol. The number of pyridine rings is 1. The molecule has 0 aliphatic heterocycles. The predicted octanol–water partition coefficient (Wildman–Crippen LogP) is 8.38. The van der Waals surface area contributed by atoms with E-state index >= 15 is 0 Å². The van der Waals surface area contributed by atoms with Crippen molar-refractivity contribution < 1.29 is 4.74 Å². The van der Waals surface area contributed by atoms with Gasteiger partial charge in [0, 0.05) is 11.8 Å². The van der Waals surface area contributed by atoms with E-state index in [9.17, 15) is 0 Å². The van der Waals surface area contributed by atoms with Crippen LogP contribution < -0.4 is 4.74 Å². The third kappa shape index (κ3) is 7.78. The van der Waals surface area contributed by atoms with Crippen LogP contribution in [-0.2, 0) is 0 Å². The Morgan fingerprint density at radius 3 is 2.10 bits per heavy atom. The summed E-state index contributed by atoms with van der Waals surface area (Å²) in [6.45, 7) is 5.20. The van der Waals surface area contributed by atoms with E-state index in [2.05, 4.69) is 55.2 Å². The summed E-state index contributed by atoms with van der Waals surface area (Å²) in [6.07, 6.45) is 18.8. The van der Waals surface area contributed by atoms with Crippen LogP contribution in [0.2, 0.25) is 0 Å². The first-order chi connectivity index (χ1) is 14.7. The first kappa shape index (κ1) is 22.8. The van der Waals surface area contributed by atoms with Gasteiger partial charge in [-0.2, -0.15) is 0 Å². The number of benzene rings is 1. The Bertz CT molecular complexity index is 698. The van der Waals surface area contributed by atoms with Crippen LogP contribution in [0.4, 0.5) is 0 Å². The highest BCUT2D eigenvalue weighted by Gasteiger charge is 2.20. The maximum Gasteiger partial charge on any atom is 0.119 e. The molecule has 0 N–H and O–H groups in total. The zero-order valence-corrected chi connectivity index (χ0v) is 19.2. The molecule has 0 atom stereocenters. The topological polar surface area (TPSA) is 22.1 Å². The van der Waals surface area contributed by atoms with Crippen molar-refractivity contribution >= 4 is 0 Å². The average molecular weight is 408 g/mol. The van der Waals surface area contributed by atoms with Gasteiger partial charge < -0.3 is 4.74 Å². The first-order valence-corrected chi connectivity index (χ1v) is 12.4. The highest BCUT2D eigenvalue weighted by Crippen LogP contribution is 2.34. The minimum Gasteiger partial charge on any atom is -0.494 e. The van der Waals surface area contributed by atoms with Crippen LogP contribution in [0, 0.1) is 18.8 Å². The van der Waals surface area contributed by atoms with Crippen molar-refractivity contribution in [1.82, 2.24) is 4.98 Å². The van der Waals surface area contributed by atoms with Crippen molar-refractivity contribution in [3.63, 3.8) is 0 Å². The predicted molar refractivity (Wildman–Crippen MR) is 128 cm³/mol. The molecule has 1 aliphatic carbocycles. The minimum absolute atomic E-state index is 0.833. The van der Waals surface area contributed by atoms with Crippen LogP contribution in [0.15, 0.2) is 42.6 Å². The summed E-state index contributed by atoms with van der Waals surface area (Å²) in [7, 11) is 0. The van der Waals surface area contributed by atoms with Gasteiger partial charge in [-0.3, -0.25) is 4.98 Å². The fourth-order valence-corrected chi connectivity index (χ4v) is 4.77. The lowest BCUT2D eigenvalue weighted by Gasteiger charge is -2.28. The lowest BCUT2D eigenvalue weighted by molar-refractivity contribution is 0.228. The van der Waals surface area contributed by atoms with E-state index in [-0.39, 0.29) is 0 Å². The fourth-order valence-electron chi connectivity index (χ4n) is 4.77. The normalized spacial score (nSPS) is 19.0. The molecule has 1 heterocycles. The molecule has 30 heavy (non-hydrogen) atoms. The summed E-state index contributed by atoms with van der Waals surface area (Å²) in [5, 5.41) is 0. The van der Waals surface area contributed by atoms with Gasteiger partial charge in [0.15, 0.2) is 0 Å². The first-order valence-electron chi connectivity index (χ1n) is 12.4. The molecule has 2 heteroatoms. The summed E-state index contributed by atoms with van der Waals surface area (Å²) >= 11 is 0. The van der Waals surface area contributed by atoms with Gasteiger partial charge >= 0.3 is 0 Å². The molecule has 0 spiro atoms. The second kappa shape index (κ2) is 12.8. The van der Waals surface area contributed by atoms with Crippen molar-refractivity contribution in [2.45, 2.75) is 90.9 Å². The summed E-state index contributed by atoms with van der Waals surface area (Å²) in [4.78, 5) is 4.50. The third-order valence-electron chi connectivity index (χ3n) is 6.77. The second-order valence-corrected chi connectivity index (χ2v) is 9.33. The minimum atomic E-state index is 0.833. The Kier molecular flexibility index (Phi) is 9.73. The number of hydrogen-bond donors (Lipinski definition) is 0. The Balaban J connectivity index is 1.27. The standard InChI is InChI=1S/C28H41NO/c1-3-4-5-6-7-9-24-12-14-25(15-13-24)10-8-21-30-27-18-16-26(17-19-27)28-20-11-23(2)22-29-28/h11,16-20,22,24-25H,3-10,12-15,21H2,1-2H3/t24-,25-. The largest absolute Gasteiger partial charge is 0.494 e. The number of aryl methyl sites for hydroxylation is 1. The maximum absolute atomic E-state index is 5.99. The third-order valence-corrected chi connectivity index (χ3v) is 6.77. The van der Waals surface area contributed by atoms with Crippen molar-refractivity contribution in [2.75, 3.05) is 6.61 Å². The van der Waals surface area contributed by atoms with Crippen molar-refractivity contribution in [3.8, 4) is 17.0 Å². The van der Waals surface area contributed by atoms with Crippen molar-refractivity contribution in [1.29, 1.82) is 0 Å². The molecule has 164 valence electrons. The second-order valence-electron chi connectivity index (χ2n) is 9.33. The Morgan fingerprint density at radius 2 is 1.47 bits per heavy atom. The van der Waals surface area contributed by atoms with Crippen LogP contribution >= 0.6 is 0 Å². The van der Waals surface area contributed by atoms with Gasteiger partial charge in [0.1, 0.15) is 5.75 Å². The number of hydrogen-bond acceptors (Lipinski definition) is 2. The van der Waals surface area contributed by atoms with Gasteiger partial charge in [0.05, 0.1) is 12.3 Å². The van der Waals surface area contributed by atoms with Gasteiger partial charge in [-0.15, -0.1) is 0 Å². The Labute approximate surface area is 184 Å². The van der Waals surface area contributed by atoms with E-state index in [1.54, 1.807) is 0 Å². The molecule has 0 unspecified atom stereocenters. The van der Waals surface area contributed by atoms with Gasteiger partial charge in [-0.1, -0.05) is 77.2 Å². The summed E-state index contributed by atoms with van der Waals surface area (Å²) in [5.74, 6) is 2.92. The lowest BCUT2D eigenvalue weighted by atomic mass is 9.78. The molecule has 3 rings (SSSR count). The van der Waals surface area contributed by atoms with Gasteiger partial charge in [0.2, 0.25) is 0 Å². The zero-order valence-electron chi connectivity index (χ0n) is 19.2. The lowest BCUT2D eigenvalue weighted by Crippen LogP contribution is -2.15. The molecule has 2 aromatic rings. The summed E-state index contributed by atoms with van der Waals surface area (Å²) < 4.78 is 5.99. The van der Waals surface area contributed by atoms with Crippen LogP contribution in [0.25, 0.3) is 11.3 Å². The van der Waals surface area contributed by atoms with E-state index in [0.29, 0.717) is 0 Å². The van der Waals surface area contributed by atoms with Crippen LogP contribution in [0.1, 0.15) is 89.5 Å². The molecule has 0 saturated heterocycles. The molecule has 1 saturated carbocycles. The molecular formula is C28H41NO. The molecule has 1 aliphatic rings. The SMILES string of the molecule is CCCCCCC[C@H]1CC[C@H](CCCOc2ccc(-c3ccc(C)cn3)cc2)CC1. The fraction of sp³-hybridized carbons (Fsp3) is 0.607. The van der Waals surface area contributed by atoms with Crippen molar-refractivity contribution in [3.05, 3.63) is 48.2 Å². The molecule has 1 aromatic carbocycles. The highest BCUT2D eigenvalue weighted by molar-refractivity contribution is 5.60. The van der Waals surface area contributed by atoms with Crippen LogP contribution in [0.5, 0.6) is 5.75 Å². The molecule has 0 bridgehead atoms. The smallest absolute Gasteiger partial charge is 0.119 e. The summed E-state index contributed by atoms with van der Waals surface area (Å²) in [5.41, 5.74) is 3.35. The molecule has 0 amide bonds. The van der Waals surface area contributed by atoms with Crippen LogP contribution in [-0.4, -0.2) is 11.6 Å². The number of rotatable bonds is 12. The number of unbranched alkanes of at least 4 members (excludes halogenated alkanes) is 4. The summed E-state index contributed by atoms with van der Waals surface area (Å²) in [6, 6.07) is 12.5. The average Bonchev–Trinajstić information content (AvgIpc) is 2.78. The number of nitrogens with zero attached hydrogens (tertiary/aromatic N) is 1. The van der Waals surface area contributed by atoms with Crippen molar-refractivity contribution in [2.24, 2.45) is 11.8 Å². The van der Waals surface area contributed by atoms with E-state index < -0.39 is 0 Å². The molecule has 1 aromatic heterocycles. The Morgan fingerprint density at radius 1 is 0.800 bits per heavy atom. The van der Waals surface area contributed by atoms with Crippen LogP contribution in [0.3, 0.4) is 0 Å². The molecule has 2 nitrogen and oxygen atoms in total. The molecule has 1 fully saturated rings. The number of ether oxygens (including phenoxy) is 1. The maximum atomic E-state index is 5.99. The highest BCUT2D eigenvalue weighted by atomic mass is 16.5.